The van der Waals surface area contributed by atoms with E-state index in [1.165, 1.54) is 11.8 Å². The second kappa shape index (κ2) is 8.66. The number of anilines is 3. The van der Waals surface area contributed by atoms with E-state index in [2.05, 4.69) is 15.6 Å². The Morgan fingerprint density at radius 1 is 0.968 bits per heavy atom. The van der Waals surface area contributed by atoms with Gasteiger partial charge in [-0.3, -0.25) is 19.3 Å². The summed E-state index contributed by atoms with van der Waals surface area (Å²) in [5.41, 5.74) is 1.86. The summed E-state index contributed by atoms with van der Waals surface area (Å²) < 4.78 is 5.89. The fraction of sp³-hybridized carbons (Fsp3) is 0.130. The van der Waals surface area contributed by atoms with Crippen molar-refractivity contribution < 1.29 is 19.1 Å². The summed E-state index contributed by atoms with van der Waals surface area (Å²) in [6, 6.07) is 19.2. The SMILES string of the molecule is CC(=O)Nc1ccc(NC(=O)CN2C(=O)[C@H](c3ccccc3)Oc3cccnc32)cc1. The first-order valence-electron chi connectivity index (χ1n) is 9.67. The molecule has 0 saturated heterocycles. The molecular formula is C23H20N4O4. The van der Waals surface area contributed by atoms with Gasteiger partial charge in [-0.25, -0.2) is 4.98 Å². The molecule has 8 nitrogen and oxygen atoms in total. The number of hydrogen-bond acceptors (Lipinski definition) is 5. The van der Waals surface area contributed by atoms with E-state index in [-0.39, 0.29) is 24.3 Å². The highest BCUT2D eigenvalue weighted by atomic mass is 16.5. The first-order valence-corrected chi connectivity index (χ1v) is 9.67. The largest absolute Gasteiger partial charge is 0.472 e. The van der Waals surface area contributed by atoms with E-state index in [1.807, 2.05) is 18.2 Å². The van der Waals surface area contributed by atoms with E-state index in [4.69, 9.17) is 4.74 Å². The van der Waals surface area contributed by atoms with Crippen LogP contribution in [0.15, 0.2) is 72.9 Å². The van der Waals surface area contributed by atoms with Crippen molar-refractivity contribution in [1.82, 2.24) is 4.98 Å². The van der Waals surface area contributed by atoms with Crippen LogP contribution < -0.4 is 20.3 Å². The Kier molecular flexibility index (Phi) is 5.61. The molecule has 0 radical (unpaired) electrons. The first kappa shape index (κ1) is 20.1. The number of benzene rings is 2. The Morgan fingerprint density at radius 3 is 2.32 bits per heavy atom. The molecule has 3 amide bonds. The quantitative estimate of drug-likeness (QED) is 0.666. The number of carbonyl (C=O) groups is 3. The summed E-state index contributed by atoms with van der Waals surface area (Å²) in [4.78, 5) is 42.6. The molecule has 156 valence electrons. The molecule has 0 unspecified atom stereocenters. The molecule has 0 fully saturated rings. The van der Waals surface area contributed by atoms with Crippen molar-refractivity contribution in [3.05, 3.63) is 78.5 Å². The van der Waals surface area contributed by atoms with E-state index in [0.717, 1.165) is 0 Å². The molecule has 3 aromatic rings. The molecule has 31 heavy (non-hydrogen) atoms. The molecule has 1 aliphatic rings. The molecule has 0 aliphatic carbocycles. The van der Waals surface area contributed by atoms with E-state index in [9.17, 15) is 14.4 Å². The highest BCUT2D eigenvalue weighted by molar-refractivity contribution is 6.05. The van der Waals surface area contributed by atoms with Crippen LogP contribution in [0.2, 0.25) is 0 Å². The third-order valence-electron chi connectivity index (χ3n) is 4.63. The number of hydrogen-bond donors (Lipinski definition) is 2. The highest BCUT2D eigenvalue weighted by Crippen LogP contribution is 2.36. The topological polar surface area (TPSA) is 101 Å². The zero-order valence-corrected chi connectivity index (χ0v) is 16.7. The van der Waals surface area contributed by atoms with E-state index in [0.29, 0.717) is 28.5 Å². The van der Waals surface area contributed by atoms with Crippen LogP contribution in [0.5, 0.6) is 5.75 Å². The molecule has 2 heterocycles. The Labute approximate surface area is 178 Å². The van der Waals surface area contributed by atoms with Gasteiger partial charge in [0, 0.05) is 30.1 Å². The van der Waals surface area contributed by atoms with Crippen LogP contribution in [0.4, 0.5) is 17.2 Å². The molecule has 0 spiro atoms. The van der Waals surface area contributed by atoms with Gasteiger partial charge in [0.25, 0.3) is 5.91 Å². The predicted octanol–water partition coefficient (Wildman–Crippen LogP) is 3.15. The molecule has 1 aliphatic heterocycles. The average molecular weight is 416 g/mol. The lowest BCUT2D eigenvalue weighted by atomic mass is 10.1. The van der Waals surface area contributed by atoms with Gasteiger partial charge >= 0.3 is 0 Å². The van der Waals surface area contributed by atoms with Gasteiger partial charge in [-0.2, -0.15) is 0 Å². The standard InChI is InChI=1S/C23H20N4O4/c1-15(28)25-17-9-11-18(12-10-17)26-20(29)14-27-22-19(8-5-13-24-22)31-21(23(27)30)16-6-3-2-4-7-16/h2-13,21H,14H2,1H3,(H,25,28)(H,26,29)/t21-/m0/s1. The Morgan fingerprint density at radius 2 is 1.65 bits per heavy atom. The lowest BCUT2D eigenvalue weighted by Gasteiger charge is -2.33. The molecule has 0 bridgehead atoms. The number of pyridine rings is 1. The average Bonchev–Trinajstić information content (AvgIpc) is 2.77. The van der Waals surface area contributed by atoms with Crippen molar-refractivity contribution in [3.8, 4) is 5.75 Å². The maximum absolute atomic E-state index is 13.2. The third kappa shape index (κ3) is 4.53. The minimum atomic E-state index is -0.859. The van der Waals surface area contributed by atoms with Gasteiger partial charge in [0.2, 0.25) is 17.9 Å². The van der Waals surface area contributed by atoms with Crippen molar-refractivity contribution >= 4 is 34.9 Å². The van der Waals surface area contributed by atoms with Crippen molar-refractivity contribution in [1.29, 1.82) is 0 Å². The van der Waals surface area contributed by atoms with Crippen molar-refractivity contribution in [3.63, 3.8) is 0 Å². The van der Waals surface area contributed by atoms with Crippen molar-refractivity contribution in [2.24, 2.45) is 0 Å². The van der Waals surface area contributed by atoms with Gasteiger partial charge in [0.05, 0.1) is 0 Å². The van der Waals surface area contributed by atoms with Crippen LogP contribution in [-0.2, 0) is 14.4 Å². The molecule has 1 atom stereocenters. The summed E-state index contributed by atoms with van der Waals surface area (Å²) >= 11 is 0. The summed E-state index contributed by atoms with van der Waals surface area (Å²) in [5, 5.41) is 5.42. The summed E-state index contributed by atoms with van der Waals surface area (Å²) in [5.74, 6) is -0.194. The molecule has 0 saturated carbocycles. The number of ether oxygens (including phenoxy) is 1. The Hall–Kier alpha value is -4.20. The zero-order chi connectivity index (χ0) is 21.8. The minimum absolute atomic E-state index is 0.179. The number of carbonyl (C=O) groups excluding carboxylic acids is 3. The fourth-order valence-corrected chi connectivity index (χ4v) is 3.28. The second-order valence-corrected chi connectivity index (χ2v) is 6.96. The van der Waals surface area contributed by atoms with Crippen LogP contribution in [0, 0.1) is 0 Å². The Bertz CT molecular complexity index is 1120. The maximum Gasteiger partial charge on any atom is 0.274 e. The van der Waals surface area contributed by atoms with E-state index in [1.54, 1.807) is 54.7 Å². The summed E-state index contributed by atoms with van der Waals surface area (Å²) in [6.07, 6.45) is 0.687. The smallest absolute Gasteiger partial charge is 0.274 e. The normalized spacial score (nSPS) is 14.9. The van der Waals surface area contributed by atoms with Gasteiger partial charge in [-0.1, -0.05) is 30.3 Å². The predicted molar refractivity (Wildman–Crippen MR) is 116 cm³/mol. The fourth-order valence-electron chi connectivity index (χ4n) is 3.28. The van der Waals surface area contributed by atoms with Gasteiger partial charge in [-0.15, -0.1) is 0 Å². The van der Waals surface area contributed by atoms with Crippen LogP contribution in [0.1, 0.15) is 18.6 Å². The number of aromatic nitrogens is 1. The third-order valence-corrected chi connectivity index (χ3v) is 4.63. The van der Waals surface area contributed by atoms with Gasteiger partial charge in [0.1, 0.15) is 6.54 Å². The first-order chi connectivity index (χ1) is 15.0. The monoisotopic (exact) mass is 416 g/mol. The number of amides is 3. The number of rotatable bonds is 5. The summed E-state index contributed by atoms with van der Waals surface area (Å²) in [6.45, 7) is 1.20. The molecule has 1 aromatic heterocycles. The number of nitrogens with zero attached hydrogens (tertiary/aromatic N) is 2. The van der Waals surface area contributed by atoms with Crippen LogP contribution in [0.25, 0.3) is 0 Å². The zero-order valence-electron chi connectivity index (χ0n) is 16.7. The van der Waals surface area contributed by atoms with Crippen molar-refractivity contribution in [2.45, 2.75) is 13.0 Å². The molecule has 2 N–H and O–H groups in total. The number of nitrogens with one attached hydrogen (secondary N) is 2. The molecule has 8 heteroatoms. The van der Waals surface area contributed by atoms with E-state index < -0.39 is 6.10 Å². The lowest BCUT2D eigenvalue weighted by Crippen LogP contribution is -2.45. The van der Waals surface area contributed by atoms with Crippen LogP contribution >= 0.6 is 0 Å². The van der Waals surface area contributed by atoms with Crippen molar-refractivity contribution in [2.75, 3.05) is 22.1 Å². The van der Waals surface area contributed by atoms with Gasteiger partial charge in [0.15, 0.2) is 11.6 Å². The molecule has 4 rings (SSSR count). The van der Waals surface area contributed by atoms with Gasteiger partial charge in [-0.05, 0) is 36.4 Å². The Balaban J connectivity index is 1.52. The lowest BCUT2D eigenvalue weighted by molar-refractivity contribution is -0.128. The molecule has 2 aromatic carbocycles. The van der Waals surface area contributed by atoms with Crippen LogP contribution in [-0.4, -0.2) is 29.3 Å². The van der Waals surface area contributed by atoms with E-state index >= 15 is 0 Å². The maximum atomic E-state index is 13.2. The number of fused-ring (bicyclic) bond motifs is 1. The van der Waals surface area contributed by atoms with Gasteiger partial charge < -0.3 is 15.4 Å². The molecular weight excluding hydrogens is 396 g/mol. The minimum Gasteiger partial charge on any atom is -0.472 e. The highest BCUT2D eigenvalue weighted by Gasteiger charge is 2.37. The summed E-state index contributed by atoms with van der Waals surface area (Å²) in [7, 11) is 0. The second-order valence-electron chi connectivity index (χ2n) is 6.96. The van der Waals surface area contributed by atoms with Crippen LogP contribution in [0.3, 0.4) is 0 Å².